The molecule has 0 atom stereocenters. The van der Waals surface area contributed by atoms with E-state index in [0.717, 1.165) is 11.1 Å². The summed E-state index contributed by atoms with van der Waals surface area (Å²) in [5, 5.41) is 9.60. The van der Waals surface area contributed by atoms with Crippen molar-refractivity contribution in [3.05, 3.63) is 120 Å². The fraction of sp³-hybridized carbons (Fsp3) is 0.167. The number of fused-ring (bicyclic) bond motifs is 6. The van der Waals surface area contributed by atoms with Gasteiger partial charge in [0.05, 0.1) is 26.1 Å². The first-order valence-electron chi connectivity index (χ1n) is 13.8. The number of esters is 2. The molecule has 0 amide bonds. The van der Waals surface area contributed by atoms with Crippen LogP contribution >= 0.6 is 0 Å². The SMILES string of the molecule is O=C(CCC(=O)OCCc1ccc2ccc3ccccc3c2c1)OCCc1ccc2ccc3ccccc3c2c1. The van der Waals surface area contributed by atoms with E-state index in [-0.39, 0.29) is 38.0 Å². The first-order valence-corrected chi connectivity index (χ1v) is 13.8. The number of hydrogen-bond donors (Lipinski definition) is 0. The van der Waals surface area contributed by atoms with Crippen molar-refractivity contribution in [3.63, 3.8) is 0 Å². The van der Waals surface area contributed by atoms with Gasteiger partial charge in [-0.1, -0.05) is 109 Å². The fourth-order valence-electron chi connectivity index (χ4n) is 5.32. The normalized spacial score (nSPS) is 11.3. The highest BCUT2D eigenvalue weighted by atomic mass is 16.5. The molecule has 40 heavy (non-hydrogen) atoms. The first kappa shape index (κ1) is 25.6. The third-order valence-corrected chi connectivity index (χ3v) is 7.46. The topological polar surface area (TPSA) is 52.6 Å². The zero-order valence-electron chi connectivity index (χ0n) is 22.3. The van der Waals surface area contributed by atoms with Crippen LogP contribution in [0.5, 0.6) is 0 Å². The van der Waals surface area contributed by atoms with Crippen LogP contribution in [0, 0.1) is 0 Å². The predicted molar refractivity (Wildman–Crippen MR) is 161 cm³/mol. The third kappa shape index (κ3) is 5.67. The minimum atomic E-state index is -0.385. The van der Waals surface area contributed by atoms with Crippen molar-refractivity contribution >= 4 is 55.0 Å². The molecule has 0 aliphatic heterocycles. The molecule has 0 saturated carbocycles. The summed E-state index contributed by atoms with van der Waals surface area (Å²) in [6.45, 7) is 0.557. The number of benzene rings is 6. The van der Waals surface area contributed by atoms with Crippen LogP contribution in [0.2, 0.25) is 0 Å². The van der Waals surface area contributed by atoms with E-state index >= 15 is 0 Å². The van der Waals surface area contributed by atoms with Crippen molar-refractivity contribution in [2.75, 3.05) is 13.2 Å². The lowest BCUT2D eigenvalue weighted by molar-refractivity contribution is -0.150. The molecule has 4 heteroatoms. The maximum atomic E-state index is 12.2. The van der Waals surface area contributed by atoms with Crippen LogP contribution in [0.4, 0.5) is 0 Å². The summed E-state index contributed by atoms with van der Waals surface area (Å²) < 4.78 is 10.8. The van der Waals surface area contributed by atoms with Gasteiger partial charge in [-0.2, -0.15) is 0 Å². The fourth-order valence-corrected chi connectivity index (χ4v) is 5.32. The summed E-state index contributed by atoms with van der Waals surface area (Å²) in [4.78, 5) is 24.4. The van der Waals surface area contributed by atoms with E-state index < -0.39 is 0 Å². The molecule has 0 unspecified atom stereocenters. The highest BCUT2D eigenvalue weighted by Gasteiger charge is 2.10. The van der Waals surface area contributed by atoms with Gasteiger partial charge in [0, 0.05) is 12.8 Å². The highest BCUT2D eigenvalue weighted by Crippen LogP contribution is 2.27. The molecule has 0 fully saturated rings. The lowest BCUT2D eigenvalue weighted by Crippen LogP contribution is -2.13. The minimum Gasteiger partial charge on any atom is -0.465 e. The molecule has 0 N–H and O–H groups in total. The van der Waals surface area contributed by atoms with Gasteiger partial charge in [-0.25, -0.2) is 0 Å². The Morgan fingerprint density at radius 1 is 0.450 bits per heavy atom. The van der Waals surface area contributed by atoms with Gasteiger partial charge >= 0.3 is 11.9 Å². The van der Waals surface area contributed by atoms with Crippen molar-refractivity contribution < 1.29 is 19.1 Å². The second kappa shape index (κ2) is 11.6. The molecular formula is C36H30O4. The number of hydrogen-bond acceptors (Lipinski definition) is 4. The van der Waals surface area contributed by atoms with E-state index in [1.165, 1.54) is 43.1 Å². The van der Waals surface area contributed by atoms with Crippen LogP contribution in [0.3, 0.4) is 0 Å². The zero-order valence-corrected chi connectivity index (χ0v) is 22.3. The predicted octanol–water partition coefficient (Wildman–Crippen LogP) is 7.95. The molecule has 6 aromatic rings. The van der Waals surface area contributed by atoms with Crippen LogP contribution in [0.15, 0.2) is 109 Å². The Labute approximate surface area is 233 Å². The van der Waals surface area contributed by atoms with E-state index in [2.05, 4.69) is 84.9 Å². The van der Waals surface area contributed by atoms with Crippen LogP contribution in [-0.2, 0) is 31.9 Å². The van der Waals surface area contributed by atoms with Gasteiger partial charge in [-0.3, -0.25) is 9.59 Å². The van der Waals surface area contributed by atoms with Crippen molar-refractivity contribution in [2.24, 2.45) is 0 Å². The lowest BCUT2D eigenvalue weighted by atomic mass is 9.99. The van der Waals surface area contributed by atoms with Crippen molar-refractivity contribution in [2.45, 2.75) is 25.7 Å². The molecule has 0 aromatic heterocycles. The third-order valence-electron chi connectivity index (χ3n) is 7.46. The van der Waals surface area contributed by atoms with E-state index in [9.17, 15) is 9.59 Å². The Morgan fingerprint density at radius 2 is 0.825 bits per heavy atom. The molecule has 6 rings (SSSR count). The van der Waals surface area contributed by atoms with Gasteiger partial charge in [0.15, 0.2) is 0 Å². The van der Waals surface area contributed by atoms with Gasteiger partial charge in [-0.05, 0) is 54.2 Å². The van der Waals surface area contributed by atoms with Crippen molar-refractivity contribution in [1.82, 2.24) is 0 Å². The minimum absolute atomic E-state index is 0.0170. The number of carbonyl (C=O) groups is 2. The molecule has 0 radical (unpaired) electrons. The summed E-state index contributed by atoms with van der Waals surface area (Å²) in [6.07, 6.45) is 1.28. The Balaban J connectivity index is 0.953. The van der Waals surface area contributed by atoms with Crippen LogP contribution < -0.4 is 0 Å². The largest absolute Gasteiger partial charge is 0.465 e. The van der Waals surface area contributed by atoms with Gasteiger partial charge in [0.1, 0.15) is 0 Å². The Morgan fingerprint density at radius 3 is 1.27 bits per heavy atom. The lowest BCUT2D eigenvalue weighted by Gasteiger charge is -2.09. The Hall–Kier alpha value is -4.70. The number of carbonyl (C=O) groups excluding carboxylic acids is 2. The average Bonchev–Trinajstić information content (AvgIpc) is 3.00. The van der Waals surface area contributed by atoms with Gasteiger partial charge < -0.3 is 9.47 Å². The summed E-state index contributed by atoms with van der Waals surface area (Å²) in [5.41, 5.74) is 2.22. The van der Waals surface area contributed by atoms with Gasteiger partial charge in [0.2, 0.25) is 0 Å². The summed E-state index contributed by atoms with van der Waals surface area (Å²) in [6, 6.07) is 37.9. The quantitative estimate of drug-likeness (QED) is 0.142. The molecule has 0 aliphatic carbocycles. The molecule has 198 valence electrons. The second-order valence-corrected chi connectivity index (χ2v) is 10.1. The highest BCUT2D eigenvalue weighted by molar-refractivity contribution is 6.08. The second-order valence-electron chi connectivity index (χ2n) is 10.1. The maximum absolute atomic E-state index is 12.2. The van der Waals surface area contributed by atoms with Crippen LogP contribution in [0.1, 0.15) is 24.0 Å². The molecule has 0 heterocycles. The first-order chi connectivity index (χ1) is 19.6. The molecule has 0 saturated heterocycles. The number of rotatable bonds is 9. The number of ether oxygens (including phenoxy) is 2. The zero-order chi connectivity index (χ0) is 27.3. The molecule has 6 aromatic carbocycles. The van der Waals surface area contributed by atoms with Gasteiger partial charge in [0.25, 0.3) is 0 Å². The van der Waals surface area contributed by atoms with E-state index in [0.29, 0.717) is 12.8 Å². The molecular weight excluding hydrogens is 496 g/mol. The summed E-state index contributed by atoms with van der Waals surface area (Å²) >= 11 is 0. The van der Waals surface area contributed by atoms with Crippen LogP contribution in [0.25, 0.3) is 43.1 Å². The molecule has 0 spiro atoms. The monoisotopic (exact) mass is 526 g/mol. The van der Waals surface area contributed by atoms with Crippen molar-refractivity contribution in [3.8, 4) is 0 Å². The molecule has 0 bridgehead atoms. The molecule has 4 nitrogen and oxygen atoms in total. The van der Waals surface area contributed by atoms with Crippen molar-refractivity contribution in [1.29, 1.82) is 0 Å². The maximum Gasteiger partial charge on any atom is 0.306 e. The van der Waals surface area contributed by atoms with E-state index in [4.69, 9.17) is 9.47 Å². The van der Waals surface area contributed by atoms with E-state index in [1.54, 1.807) is 0 Å². The molecule has 0 aliphatic rings. The Kier molecular flexibility index (Phi) is 7.41. The van der Waals surface area contributed by atoms with Gasteiger partial charge in [-0.15, -0.1) is 0 Å². The standard InChI is InChI=1S/C36H30O4/c37-35(39-21-19-25-9-11-29-15-13-27-5-1-3-7-31(27)33(29)23-25)17-18-36(38)40-22-20-26-10-12-30-16-14-28-6-2-4-8-32(28)34(30)24-26/h1-16,23-24H,17-22H2. The van der Waals surface area contributed by atoms with E-state index in [1.807, 2.05) is 24.3 Å². The smallest absolute Gasteiger partial charge is 0.306 e. The van der Waals surface area contributed by atoms with Crippen LogP contribution in [-0.4, -0.2) is 25.2 Å². The summed E-state index contributed by atoms with van der Waals surface area (Å²) in [7, 11) is 0. The Bertz CT molecular complexity index is 1720. The average molecular weight is 527 g/mol. The summed E-state index contributed by atoms with van der Waals surface area (Å²) in [5.74, 6) is -0.769.